The van der Waals surface area contributed by atoms with Crippen molar-refractivity contribution >= 4 is 74.5 Å². The van der Waals surface area contributed by atoms with Gasteiger partial charge in [0.2, 0.25) is 0 Å². The van der Waals surface area contributed by atoms with E-state index in [2.05, 4.69) is 240 Å². The number of aromatic nitrogens is 4. The molecule has 0 atom stereocenters. The molecule has 4 nitrogen and oxygen atoms in total. The average Bonchev–Trinajstić information content (AvgIpc) is 3.99. The molecule has 0 saturated heterocycles. The maximum atomic E-state index is 5.62. The summed E-state index contributed by atoms with van der Waals surface area (Å²) in [5.41, 5.74) is 12.4. The topological polar surface area (TPSA) is 35.6 Å². The Morgan fingerprint density at radius 3 is 1.38 bits per heavy atom. The van der Waals surface area contributed by atoms with E-state index in [1.165, 1.54) is 66.8 Å². The second-order valence-corrected chi connectivity index (χ2v) is 24.2. The summed E-state index contributed by atoms with van der Waals surface area (Å²) in [5, 5.41) is 5.02. The van der Waals surface area contributed by atoms with Gasteiger partial charge in [-0.1, -0.05) is 30.3 Å². The SMILES string of the molecule is c1ccc(-c2nc(-c3ccc(-n4c5ccccc5c5c6c7ccccc7n(-c7ccccc7)c6ccc54)cc3)[c]3c(n2)-c2cccc[c]2[Ge]3([c]2ccccc2)[c]2ccccc2)cc1. The second kappa shape index (κ2) is 14.1. The van der Waals surface area contributed by atoms with Gasteiger partial charge in [-0.15, -0.1) is 0 Å². The van der Waals surface area contributed by atoms with Crippen molar-refractivity contribution < 1.29 is 0 Å². The first-order chi connectivity index (χ1) is 31.3. The monoisotopic (exact) mass is 864 g/mol. The zero-order valence-electron chi connectivity index (χ0n) is 34.2. The molecule has 0 aliphatic carbocycles. The Hall–Kier alpha value is -7.80. The van der Waals surface area contributed by atoms with Gasteiger partial charge in [0.15, 0.2) is 0 Å². The molecule has 0 bridgehead atoms. The fraction of sp³-hybridized carbons (Fsp3) is 0. The van der Waals surface area contributed by atoms with Gasteiger partial charge in [-0.25, -0.2) is 0 Å². The van der Waals surface area contributed by atoms with E-state index >= 15 is 0 Å². The normalized spacial score (nSPS) is 12.9. The van der Waals surface area contributed by atoms with Gasteiger partial charge in [0.05, 0.1) is 0 Å². The van der Waals surface area contributed by atoms with E-state index in [1.807, 2.05) is 0 Å². The minimum atomic E-state index is -3.71. The summed E-state index contributed by atoms with van der Waals surface area (Å²) >= 11 is -3.71. The average molecular weight is 864 g/mol. The summed E-state index contributed by atoms with van der Waals surface area (Å²) in [6.07, 6.45) is 0. The van der Waals surface area contributed by atoms with Crippen molar-refractivity contribution in [3.63, 3.8) is 0 Å². The number of fused-ring (bicyclic) bond motifs is 10. The third-order valence-electron chi connectivity index (χ3n) is 13.2. The first kappa shape index (κ1) is 35.9. The van der Waals surface area contributed by atoms with Crippen molar-refractivity contribution in [2.24, 2.45) is 0 Å². The van der Waals surface area contributed by atoms with Crippen molar-refractivity contribution in [3.8, 4) is 45.3 Å². The molecule has 3 aromatic heterocycles. The van der Waals surface area contributed by atoms with E-state index in [1.54, 1.807) is 0 Å². The molecule has 1 aliphatic heterocycles. The van der Waals surface area contributed by atoms with Crippen LogP contribution in [-0.2, 0) is 0 Å². The molecule has 0 fully saturated rings. The molecule has 5 heteroatoms. The Morgan fingerprint density at radius 1 is 0.333 bits per heavy atom. The Labute approximate surface area is 367 Å². The summed E-state index contributed by atoms with van der Waals surface area (Å²) in [6, 6.07) is 84.0. The predicted octanol–water partition coefficient (Wildman–Crippen LogP) is 11.4. The molecule has 1 aliphatic rings. The second-order valence-electron chi connectivity index (χ2n) is 16.5. The molecule has 0 amide bonds. The summed E-state index contributed by atoms with van der Waals surface area (Å²) in [7, 11) is 0. The molecule has 0 radical (unpaired) electrons. The van der Waals surface area contributed by atoms with Crippen LogP contribution >= 0.6 is 0 Å². The first-order valence-electron chi connectivity index (χ1n) is 21.6. The Morgan fingerprint density at radius 2 is 0.794 bits per heavy atom. The zero-order chi connectivity index (χ0) is 41.5. The van der Waals surface area contributed by atoms with Crippen molar-refractivity contribution in [2.45, 2.75) is 0 Å². The molecular formula is C58H38GeN4. The van der Waals surface area contributed by atoms with Gasteiger partial charge in [0.25, 0.3) is 0 Å². The Bertz CT molecular complexity index is 3670. The summed E-state index contributed by atoms with van der Waals surface area (Å²) in [6.45, 7) is 0. The number of hydrogen-bond donors (Lipinski definition) is 0. The van der Waals surface area contributed by atoms with E-state index < -0.39 is 13.3 Å². The fourth-order valence-electron chi connectivity index (χ4n) is 10.7. The summed E-state index contributed by atoms with van der Waals surface area (Å²) < 4.78 is 10.3. The van der Waals surface area contributed by atoms with E-state index in [4.69, 9.17) is 9.97 Å². The van der Waals surface area contributed by atoms with Crippen molar-refractivity contribution in [1.82, 2.24) is 19.1 Å². The van der Waals surface area contributed by atoms with Gasteiger partial charge in [-0.2, -0.15) is 0 Å². The fourth-order valence-corrected chi connectivity index (χ4v) is 21.6. The van der Waals surface area contributed by atoms with E-state index in [0.717, 1.165) is 39.7 Å². The Kier molecular flexibility index (Phi) is 8.05. The first-order valence-corrected chi connectivity index (χ1v) is 25.8. The van der Waals surface area contributed by atoms with Crippen molar-refractivity contribution in [1.29, 1.82) is 0 Å². The van der Waals surface area contributed by atoms with Crippen LogP contribution in [0.25, 0.3) is 88.9 Å². The van der Waals surface area contributed by atoms with Gasteiger partial charge in [-0.3, -0.25) is 0 Å². The van der Waals surface area contributed by atoms with Crippen LogP contribution in [0, 0.1) is 0 Å². The molecule has 12 aromatic rings. The maximum absolute atomic E-state index is 5.62. The number of hydrogen-bond acceptors (Lipinski definition) is 2. The molecule has 0 saturated carbocycles. The molecule has 4 heterocycles. The van der Waals surface area contributed by atoms with Crippen LogP contribution in [0.15, 0.2) is 231 Å². The van der Waals surface area contributed by atoms with Crippen LogP contribution in [0.1, 0.15) is 0 Å². The van der Waals surface area contributed by atoms with Crippen LogP contribution in [0.4, 0.5) is 0 Å². The number of benzene rings is 9. The van der Waals surface area contributed by atoms with Crippen LogP contribution in [0.3, 0.4) is 0 Å². The van der Waals surface area contributed by atoms with Crippen molar-refractivity contribution in [2.75, 3.05) is 0 Å². The quantitative estimate of drug-likeness (QED) is 0.156. The van der Waals surface area contributed by atoms with Gasteiger partial charge in [0.1, 0.15) is 0 Å². The van der Waals surface area contributed by atoms with Crippen LogP contribution in [-0.4, -0.2) is 32.4 Å². The molecule has 0 unspecified atom stereocenters. The third kappa shape index (κ3) is 5.22. The zero-order valence-corrected chi connectivity index (χ0v) is 36.3. The minimum absolute atomic E-state index is 0.739. The third-order valence-corrected chi connectivity index (χ3v) is 23.4. The van der Waals surface area contributed by atoms with E-state index in [0.29, 0.717) is 0 Å². The van der Waals surface area contributed by atoms with Gasteiger partial charge < -0.3 is 0 Å². The molecule has 294 valence electrons. The molecular weight excluding hydrogens is 825 g/mol. The summed E-state index contributed by atoms with van der Waals surface area (Å²) in [4.78, 5) is 11.1. The molecule has 9 aromatic carbocycles. The van der Waals surface area contributed by atoms with E-state index in [-0.39, 0.29) is 0 Å². The van der Waals surface area contributed by atoms with Crippen LogP contribution in [0.2, 0.25) is 0 Å². The summed E-state index contributed by atoms with van der Waals surface area (Å²) in [5.74, 6) is 0.739. The molecule has 13 rings (SSSR count). The van der Waals surface area contributed by atoms with E-state index in [9.17, 15) is 0 Å². The molecule has 0 spiro atoms. The number of para-hydroxylation sites is 3. The van der Waals surface area contributed by atoms with Gasteiger partial charge in [0, 0.05) is 5.69 Å². The van der Waals surface area contributed by atoms with Crippen LogP contribution < -0.4 is 17.6 Å². The molecule has 63 heavy (non-hydrogen) atoms. The standard InChI is InChI=1S/C58H38GeN4/c1-5-19-40(20-6-1)58-60-56(55-57(61-58)45-27-13-16-30-48(45)59(55,41-21-7-2-8-22-41)42-23-9-3-10-24-42)39-33-35-44(36-34-39)63-50-32-18-15-29-47(50)54-52(63)38-37-51-53(54)46-28-14-17-31-49(46)62(51)43-25-11-4-12-26-43/h1-38H. The van der Waals surface area contributed by atoms with Crippen molar-refractivity contribution in [3.05, 3.63) is 231 Å². The predicted molar refractivity (Wildman–Crippen MR) is 264 cm³/mol. The van der Waals surface area contributed by atoms with Gasteiger partial charge >= 0.3 is 315 Å². The molecule has 0 N–H and O–H groups in total. The van der Waals surface area contributed by atoms with Gasteiger partial charge in [-0.05, 0) is 18.2 Å². The number of nitrogens with zero attached hydrogens (tertiary/aromatic N) is 4. The number of rotatable bonds is 6. The Balaban J connectivity index is 1.07. The van der Waals surface area contributed by atoms with Crippen LogP contribution in [0.5, 0.6) is 0 Å².